The van der Waals surface area contributed by atoms with Crippen molar-refractivity contribution in [3.8, 4) is 11.1 Å². The van der Waals surface area contributed by atoms with Crippen molar-refractivity contribution < 1.29 is 8.97 Å². The van der Waals surface area contributed by atoms with Crippen molar-refractivity contribution >= 4 is 0 Å². The van der Waals surface area contributed by atoms with E-state index in [9.17, 15) is 0 Å². The lowest BCUT2D eigenvalue weighted by Crippen LogP contribution is -2.43. The highest BCUT2D eigenvalue weighted by molar-refractivity contribution is 5.63. The van der Waals surface area contributed by atoms with Crippen LogP contribution in [-0.4, -0.2) is 49.2 Å². The Morgan fingerprint density at radius 3 is 1.05 bits per heavy atom. The van der Waals surface area contributed by atoms with E-state index in [0.717, 1.165) is 22.1 Å². The van der Waals surface area contributed by atoms with Gasteiger partial charge in [0.1, 0.15) is 13.1 Å². The number of hydrogen-bond acceptors (Lipinski definition) is 0. The van der Waals surface area contributed by atoms with E-state index in [1.165, 1.54) is 125 Å². The SMILES string of the molecule is CCCCCCCC[N+](C)(CC)Cc1ccc(-c2ccc(C[N+](C)(CC)CCCCCCCC)cc2)cc1. The first-order chi connectivity index (χ1) is 18.4. The van der Waals surface area contributed by atoms with Gasteiger partial charge in [0.05, 0.1) is 40.3 Å². The van der Waals surface area contributed by atoms with E-state index in [-0.39, 0.29) is 0 Å². The Morgan fingerprint density at radius 2 is 0.737 bits per heavy atom. The summed E-state index contributed by atoms with van der Waals surface area (Å²) >= 11 is 0. The summed E-state index contributed by atoms with van der Waals surface area (Å²) in [7, 11) is 4.88. The number of benzene rings is 2. The Hall–Kier alpha value is -1.64. The molecule has 2 nitrogen and oxygen atoms in total. The highest BCUT2D eigenvalue weighted by Gasteiger charge is 2.20. The van der Waals surface area contributed by atoms with Crippen LogP contribution in [0.25, 0.3) is 11.1 Å². The van der Waals surface area contributed by atoms with Gasteiger partial charge in [-0.2, -0.15) is 0 Å². The summed E-state index contributed by atoms with van der Waals surface area (Å²) in [6.45, 7) is 16.5. The van der Waals surface area contributed by atoms with Crippen LogP contribution in [0.1, 0.15) is 116 Å². The van der Waals surface area contributed by atoms with Crippen molar-refractivity contribution in [1.29, 1.82) is 0 Å². The molecule has 2 atom stereocenters. The molecule has 0 aromatic heterocycles. The van der Waals surface area contributed by atoms with Crippen LogP contribution in [0, 0.1) is 0 Å². The predicted octanol–water partition coefficient (Wildman–Crippen LogP) is 10.0. The minimum absolute atomic E-state index is 1.14. The monoisotopic (exact) mass is 522 g/mol. The molecule has 2 rings (SSSR count). The number of rotatable bonds is 21. The lowest BCUT2D eigenvalue weighted by molar-refractivity contribution is -0.921. The number of quaternary nitrogens is 2. The molecule has 2 aromatic rings. The molecule has 0 radical (unpaired) electrons. The minimum Gasteiger partial charge on any atom is -0.323 e. The van der Waals surface area contributed by atoms with E-state index in [1.807, 2.05) is 0 Å². The standard InChI is InChI=1S/C36H62N2/c1-7-11-13-15-17-19-29-37(5,9-3)31-33-21-25-35(26-22-33)36-27-23-34(24-28-36)32-38(6,10-4)30-20-18-16-14-12-8-2/h21-28H,7-20,29-32H2,1-6H3/q+2. The van der Waals surface area contributed by atoms with Gasteiger partial charge in [-0.15, -0.1) is 0 Å². The highest BCUT2D eigenvalue weighted by atomic mass is 15.3. The van der Waals surface area contributed by atoms with Crippen molar-refractivity contribution in [3.05, 3.63) is 59.7 Å². The first-order valence-corrected chi connectivity index (χ1v) is 16.2. The molecular weight excluding hydrogens is 460 g/mol. The predicted molar refractivity (Wildman–Crippen MR) is 169 cm³/mol. The summed E-state index contributed by atoms with van der Waals surface area (Å²) in [6, 6.07) is 18.8. The van der Waals surface area contributed by atoms with E-state index < -0.39 is 0 Å². The van der Waals surface area contributed by atoms with Crippen molar-refractivity contribution in [1.82, 2.24) is 0 Å². The summed E-state index contributed by atoms with van der Waals surface area (Å²) in [5.74, 6) is 0. The minimum atomic E-state index is 1.14. The molecule has 0 spiro atoms. The number of hydrogen-bond donors (Lipinski definition) is 0. The Morgan fingerprint density at radius 1 is 0.421 bits per heavy atom. The van der Waals surface area contributed by atoms with Gasteiger partial charge in [0.25, 0.3) is 0 Å². The van der Waals surface area contributed by atoms with E-state index >= 15 is 0 Å². The fourth-order valence-electron chi connectivity index (χ4n) is 5.73. The van der Waals surface area contributed by atoms with Crippen LogP contribution < -0.4 is 0 Å². The molecule has 0 saturated carbocycles. The summed E-state index contributed by atoms with van der Waals surface area (Å²) in [5, 5.41) is 0. The van der Waals surface area contributed by atoms with Crippen LogP contribution in [0.5, 0.6) is 0 Å². The third kappa shape index (κ3) is 12.0. The van der Waals surface area contributed by atoms with Crippen molar-refractivity contribution in [3.63, 3.8) is 0 Å². The van der Waals surface area contributed by atoms with E-state index in [0.29, 0.717) is 0 Å². The fraction of sp³-hybridized carbons (Fsp3) is 0.667. The lowest BCUT2D eigenvalue weighted by atomic mass is 10.0. The van der Waals surface area contributed by atoms with Crippen molar-refractivity contribution in [2.75, 3.05) is 40.3 Å². The lowest BCUT2D eigenvalue weighted by Gasteiger charge is -2.34. The van der Waals surface area contributed by atoms with E-state index in [4.69, 9.17) is 0 Å². The Labute approximate surface area is 237 Å². The van der Waals surface area contributed by atoms with Gasteiger partial charge in [-0.25, -0.2) is 0 Å². The zero-order chi connectivity index (χ0) is 27.7. The molecule has 0 fully saturated rings. The largest absolute Gasteiger partial charge is 0.323 e. The molecule has 0 aliphatic heterocycles. The van der Waals surface area contributed by atoms with Gasteiger partial charge in [0, 0.05) is 11.1 Å². The van der Waals surface area contributed by atoms with Crippen LogP contribution in [0.3, 0.4) is 0 Å². The molecule has 2 aromatic carbocycles. The molecule has 0 heterocycles. The quantitative estimate of drug-likeness (QED) is 0.113. The zero-order valence-electron chi connectivity index (χ0n) is 26.2. The topological polar surface area (TPSA) is 0 Å². The first-order valence-electron chi connectivity index (χ1n) is 16.2. The van der Waals surface area contributed by atoms with Gasteiger partial charge < -0.3 is 8.97 Å². The molecule has 0 aliphatic rings. The normalized spacial score (nSPS) is 14.8. The summed E-state index contributed by atoms with van der Waals surface area (Å²) in [6.07, 6.45) is 16.6. The average molecular weight is 523 g/mol. The maximum Gasteiger partial charge on any atom is 0.104 e. The number of unbranched alkanes of at least 4 members (excludes halogenated alkanes) is 10. The molecule has 0 aliphatic carbocycles. The molecule has 0 bridgehead atoms. The highest BCUT2D eigenvalue weighted by Crippen LogP contribution is 2.24. The van der Waals surface area contributed by atoms with Crippen LogP contribution in [-0.2, 0) is 13.1 Å². The van der Waals surface area contributed by atoms with Crippen molar-refractivity contribution in [2.45, 2.75) is 118 Å². The van der Waals surface area contributed by atoms with Crippen LogP contribution in [0.2, 0.25) is 0 Å². The van der Waals surface area contributed by atoms with Gasteiger partial charge >= 0.3 is 0 Å². The van der Waals surface area contributed by atoms with Gasteiger partial charge in [-0.3, -0.25) is 0 Å². The molecule has 0 N–H and O–H groups in total. The second-order valence-electron chi connectivity index (χ2n) is 12.6. The Bertz CT molecular complexity index is 782. The Kier molecular flexibility index (Phi) is 15.3. The summed E-state index contributed by atoms with van der Waals surface area (Å²) in [5.41, 5.74) is 5.60. The molecule has 38 heavy (non-hydrogen) atoms. The maximum atomic E-state index is 2.44. The van der Waals surface area contributed by atoms with Crippen LogP contribution in [0.4, 0.5) is 0 Å². The molecular formula is C36H62N2+2. The van der Waals surface area contributed by atoms with Gasteiger partial charge in [0.15, 0.2) is 0 Å². The van der Waals surface area contributed by atoms with Gasteiger partial charge in [-0.05, 0) is 50.7 Å². The molecule has 214 valence electrons. The van der Waals surface area contributed by atoms with Crippen molar-refractivity contribution in [2.24, 2.45) is 0 Å². The van der Waals surface area contributed by atoms with E-state index in [1.54, 1.807) is 0 Å². The summed E-state index contributed by atoms with van der Waals surface area (Å²) in [4.78, 5) is 0. The molecule has 0 amide bonds. The third-order valence-corrected chi connectivity index (χ3v) is 9.00. The summed E-state index contributed by atoms with van der Waals surface area (Å²) < 4.78 is 2.30. The third-order valence-electron chi connectivity index (χ3n) is 9.00. The smallest absolute Gasteiger partial charge is 0.104 e. The van der Waals surface area contributed by atoms with Gasteiger partial charge in [0.2, 0.25) is 0 Å². The second kappa shape index (κ2) is 17.9. The van der Waals surface area contributed by atoms with Crippen LogP contribution >= 0.6 is 0 Å². The zero-order valence-corrected chi connectivity index (χ0v) is 26.2. The van der Waals surface area contributed by atoms with E-state index in [2.05, 4.69) is 90.3 Å². The molecule has 2 heteroatoms. The Balaban J connectivity index is 1.88. The average Bonchev–Trinajstić information content (AvgIpc) is 2.93. The molecule has 0 saturated heterocycles. The fourth-order valence-corrected chi connectivity index (χ4v) is 5.73. The molecule has 2 unspecified atom stereocenters. The van der Waals surface area contributed by atoms with Gasteiger partial charge in [-0.1, -0.05) is 114 Å². The first kappa shape index (κ1) is 32.6. The van der Waals surface area contributed by atoms with Crippen LogP contribution in [0.15, 0.2) is 48.5 Å². The second-order valence-corrected chi connectivity index (χ2v) is 12.6. The maximum absolute atomic E-state index is 2.44. The number of nitrogens with zero attached hydrogens (tertiary/aromatic N) is 2.